The van der Waals surface area contributed by atoms with Crippen LogP contribution in [0.4, 0.5) is 5.69 Å². The van der Waals surface area contributed by atoms with Crippen molar-refractivity contribution < 1.29 is 9.59 Å². The zero-order valence-corrected chi connectivity index (χ0v) is 12.0. The second-order valence-electron chi connectivity index (χ2n) is 4.01. The molecule has 0 spiro atoms. The number of hydrogen-bond acceptors (Lipinski definition) is 3. The molecule has 0 aliphatic carbocycles. The molecule has 106 valence electrons. The number of nitrogens with one attached hydrogen (secondary N) is 3. The maximum atomic E-state index is 11.2. The summed E-state index contributed by atoms with van der Waals surface area (Å²) in [6.07, 6.45) is 0.774. The molecular formula is C13H20ClN3O2. The summed E-state index contributed by atoms with van der Waals surface area (Å²) in [6.45, 7) is 2.42. The van der Waals surface area contributed by atoms with Crippen LogP contribution in [0.15, 0.2) is 24.3 Å². The van der Waals surface area contributed by atoms with Gasteiger partial charge in [0.15, 0.2) is 0 Å². The van der Waals surface area contributed by atoms with Gasteiger partial charge in [0.2, 0.25) is 11.8 Å². The van der Waals surface area contributed by atoms with Gasteiger partial charge in [0, 0.05) is 19.2 Å². The van der Waals surface area contributed by atoms with E-state index in [2.05, 4.69) is 16.0 Å². The minimum Gasteiger partial charge on any atom is -0.355 e. The van der Waals surface area contributed by atoms with Crippen molar-refractivity contribution in [1.82, 2.24) is 10.6 Å². The lowest BCUT2D eigenvalue weighted by atomic mass is 10.1. The van der Waals surface area contributed by atoms with E-state index < -0.39 is 0 Å². The van der Waals surface area contributed by atoms with Crippen LogP contribution in [0.25, 0.3) is 0 Å². The van der Waals surface area contributed by atoms with Gasteiger partial charge in [0.25, 0.3) is 0 Å². The Bertz CT molecular complexity index is 407. The lowest BCUT2D eigenvalue weighted by Crippen LogP contribution is -2.33. The molecule has 0 fully saturated rings. The number of benzene rings is 1. The van der Waals surface area contributed by atoms with Gasteiger partial charge in [-0.25, -0.2) is 0 Å². The summed E-state index contributed by atoms with van der Waals surface area (Å²) in [6, 6.07) is 7.59. The number of carbonyl (C=O) groups is 2. The Kier molecular flexibility index (Phi) is 8.57. The number of carbonyl (C=O) groups excluding carboxylic acids is 2. The van der Waals surface area contributed by atoms with Gasteiger partial charge >= 0.3 is 0 Å². The van der Waals surface area contributed by atoms with E-state index in [9.17, 15) is 9.59 Å². The average Bonchev–Trinajstić information content (AvgIpc) is 2.31. The largest absolute Gasteiger partial charge is 0.355 e. The minimum atomic E-state index is -0.0814. The fourth-order valence-electron chi connectivity index (χ4n) is 1.53. The van der Waals surface area contributed by atoms with Crippen LogP contribution in [0.1, 0.15) is 12.5 Å². The van der Waals surface area contributed by atoms with E-state index in [0.29, 0.717) is 13.1 Å². The number of likely N-dealkylation sites (N-methyl/N-ethyl adjacent to an activating group) is 1. The molecule has 0 atom stereocenters. The fourth-order valence-corrected chi connectivity index (χ4v) is 1.53. The molecule has 19 heavy (non-hydrogen) atoms. The van der Waals surface area contributed by atoms with Crippen LogP contribution in [-0.2, 0) is 16.0 Å². The maximum Gasteiger partial charge on any atom is 0.233 e. The van der Waals surface area contributed by atoms with Crippen molar-refractivity contribution in [3.63, 3.8) is 0 Å². The van der Waals surface area contributed by atoms with Crippen molar-refractivity contribution in [3.05, 3.63) is 29.8 Å². The molecule has 0 saturated carbocycles. The molecule has 0 aliphatic rings. The highest BCUT2D eigenvalue weighted by atomic mass is 35.5. The van der Waals surface area contributed by atoms with Crippen LogP contribution in [0, 0.1) is 0 Å². The normalized spacial score (nSPS) is 9.37. The van der Waals surface area contributed by atoms with E-state index in [1.807, 2.05) is 24.3 Å². The van der Waals surface area contributed by atoms with Crippen LogP contribution >= 0.6 is 12.4 Å². The Hall–Kier alpha value is -1.59. The predicted octanol–water partition coefficient (Wildman–Crippen LogP) is 0.945. The van der Waals surface area contributed by atoms with Crippen LogP contribution in [0.2, 0.25) is 0 Å². The molecule has 0 bridgehead atoms. The van der Waals surface area contributed by atoms with E-state index in [4.69, 9.17) is 0 Å². The molecule has 1 aromatic carbocycles. The molecular weight excluding hydrogens is 266 g/mol. The van der Waals surface area contributed by atoms with Gasteiger partial charge in [-0.1, -0.05) is 12.1 Å². The molecule has 0 aliphatic heterocycles. The maximum absolute atomic E-state index is 11.2. The Labute approximate surface area is 119 Å². The fraction of sp³-hybridized carbons (Fsp3) is 0.385. The zero-order chi connectivity index (χ0) is 13.4. The summed E-state index contributed by atoms with van der Waals surface area (Å²) < 4.78 is 0. The zero-order valence-electron chi connectivity index (χ0n) is 11.2. The summed E-state index contributed by atoms with van der Waals surface area (Å²) in [5, 5.41) is 8.30. The molecule has 1 aromatic rings. The predicted molar refractivity (Wildman–Crippen MR) is 78.6 cm³/mol. The molecule has 6 heteroatoms. The molecule has 3 N–H and O–H groups in total. The second-order valence-corrected chi connectivity index (χ2v) is 4.01. The number of halogens is 1. The lowest BCUT2D eigenvalue weighted by Gasteiger charge is -2.06. The average molecular weight is 286 g/mol. The topological polar surface area (TPSA) is 70.2 Å². The lowest BCUT2D eigenvalue weighted by molar-refractivity contribution is -0.120. The third-order valence-electron chi connectivity index (χ3n) is 2.35. The highest BCUT2D eigenvalue weighted by Gasteiger charge is 1.99. The van der Waals surface area contributed by atoms with Crippen LogP contribution < -0.4 is 16.0 Å². The summed E-state index contributed by atoms with van der Waals surface area (Å²) in [7, 11) is 1.74. The molecule has 0 heterocycles. The highest BCUT2D eigenvalue weighted by Crippen LogP contribution is 2.09. The summed E-state index contributed by atoms with van der Waals surface area (Å²) in [4.78, 5) is 22.0. The van der Waals surface area contributed by atoms with E-state index in [1.54, 1.807) is 7.05 Å². The van der Waals surface area contributed by atoms with E-state index >= 15 is 0 Å². The van der Waals surface area contributed by atoms with Crippen molar-refractivity contribution in [2.45, 2.75) is 13.3 Å². The van der Waals surface area contributed by atoms with Crippen molar-refractivity contribution in [1.29, 1.82) is 0 Å². The van der Waals surface area contributed by atoms with Gasteiger partial charge in [0.1, 0.15) is 0 Å². The standard InChI is InChI=1S/C13H19N3O2.ClH/c1-10(17)16-12-5-3-11(4-6-12)7-8-15-13(18)9-14-2;/h3-6,14H,7-9H2,1-2H3,(H,15,18)(H,16,17);1H. The second kappa shape index (κ2) is 9.35. The first kappa shape index (κ1) is 17.4. The molecule has 0 unspecified atom stereocenters. The van der Waals surface area contributed by atoms with Gasteiger partial charge < -0.3 is 16.0 Å². The Morgan fingerprint density at radius 1 is 1.16 bits per heavy atom. The first-order valence-corrected chi connectivity index (χ1v) is 5.89. The summed E-state index contributed by atoms with van der Waals surface area (Å²) in [5.74, 6) is -0.0885. The van der Waals surface area contributed by atoms with Crippen LogP contribution in [0.3, 0.4) is 0 Å². The van der Waals surface area contributed by atoms with E-state index in [1.165, 1.54) is 6.92 Å². The number of amides is 2. The minimum absolute atomic E-state index is 0. The SMILES string of the molecule is CNCC(=O)NCCc1ccc(NC(C)=O)cc1.Cl. The first-order valence-electron chi connectivity index (χ1n) is 5.89. The molecule has 2 amide bonds. The van der Waals surface area contributed by atoms with Crippen molar-refractivity contribution >= 4 is 29.9 Å². The Balaban J connectivity index is 0.00000324. The van der Waals surface area contributed by atoms with Crippen molar-refractivity contribution in [2.75, 3.05) is 25.5 Å². The molecule has 5 nitrogen and oxygen atoms in total. The number of anilines is 1. The van der Waals surface area contributed by atoms with Crippen LogP contribution in [0.5, 0.6) is 0 Å². The summed E-state index contributed by atoms with van der Waals surface area (Å²) in [5.41, 5.74) is 1.90. The van der Waals surface area contributed by atoms with E-state index in [-0.39, 0.29) is 24.2 Å². The third-order valence-corrected chi connectivity index (χ3v) is 2.35. The van der Waals surface area contributed by atoms with Crippen molar-refractivity contribution in [2.24, 2.45) is 0 Å². The summed E-state index contributed by atoms with van der Waals surface area (Å²) >= 11 is 0. The molecule has 0 aromatic heterocycles. The van der Waals surface area contributed by atoms with Gasteiger partial charge in [-0.3, -0.25) is 9.59 Å². The van der Waals surface area contributed by atoms with Crippen molar-refractivity contribution in [3.8, 4) is 0 Å². The van der Waals surface area contributed by atoms with Gasteiger partial charge in [-0.15, -0.1) is 12.4 Å². The Morgan fingerprint density at radius 3 is 2.32 bits per heavy atom. The third kappa shape index (κ3) is 7.43. The molecule has 0 saturated heterocycles. The van der Waals surface area contributed by atoms with Gasteiger partial charge in [-0.2, -0.15) is 0 Å². The Morgan fingerprint density at radius 2 is 1.79 bits per heavy atom. The number of hydrogen-bond donors (Lipinski definition) is 3. The van der Waals surface area contributed by atoms with Gasteiger partial charge in [0.05, 0.1) is 6.54 Å². The highest BCUT2D eigenvalue weighted by molar-refractivity contribution is 5.88. The first-order chi connectivity index (χ1) is 8.61. The van der Waals surface area contributed by atoms with Crippen LogP contribution in [-0.4, -0.2) is 32.0 Å². The van der Waals surface area contributed by atoms with Gasteiger partial charge in [-0.05, 0) is 31.2 Å². The van der Waals surface area contributed by atoms with E-state index in [0.717, 1.165) is 17.7 Å². The molecule has 1 rings (SSSR count). The molecule has 0 radical (unpaired) electrons. The number of rotatable bonds is 6. The quantitative estimate of drug-likeness (QED) is 0.729. The smallest absolute Gasteiger partial charge is 0.233 e. The monoisotopic (exact) mass is 285 g/mol.